The van der Waals surface area contributed by atoms with Crippen molar-refractivity contribution in [2.45, 2.75) is 36.6 Å². The number of anilines is 1. The maximum absolute atomic E-state index is 13.7. The summed E-state index contributed by atoms with van der Waals surface area (Å²) in [6.45, 7) is 0. The number of para-hydroxylation sites is 1. The molecule has 0 unspecified atom stereocenters. The number of hydrogen-bond donors (Lipinski definition) is 2. The summed E-state index contributed by atoms with van der Waals surface area (Å²) in [6.07, 6.45) is 3.52. The van der Waals surface area contributed by atoms with Gasteiger partial charge in [-0.25, -0.2) is 21.9 Å². The SMILES string of the molecule is O=C(Nc1c(F)cccc1F)c1cccc(S(=O)(=O)NC2CCCC2)c1. The van der Waals surface area contributed by atoms with Crippen molar-refractivity contribution < 1.29 is 22.0 Å². The second-order valence-corrected chi connectivity index (χ2v) is 7.90. The zero-order chi connectivity index (χ0) is 18.7. The second-order valence-electron chi connectivity index (χ2n) is 6.18. The fraction of sp³-hybridized carbons (Fsp3) is 0.278. The molecule has 0 heterocycles. The van der Waals surface area contributed by atoms with Crippen LogP contribution in [0.1, 0.15) is 36.0 Å². The first-order chi connectivity index (χ1) is 12.4. The molecule has 0 spiro atoms. The van der Waals surface area contributed by atoms with Crippen LogP contribution >= 0.6 is 0 Å². The lowest BCUT2D eigenvalue weighted by Crippen LogP contribution is -2.32. The lowest BCUT2D eigenvalue weighted by Gasteiger charge is -2.13. The quantitative estimate of drug-likeness (QED) is 0.834. The third-order valence-electron chi connectivity index (χ3n) is 4.28. The lowest BCUT2D eigenvalue weighted by atomic mass is 10.2. The summed E-state index contributed by atoms with van der Waals surface area (Å²) in [7, 11) is -3.77. The van der Waals surface area contributed by atoms with Gasteiger partial charge in [-0.15, -0.1) is 0 Å². The minimum absolute atomic E-state index is 0.0121. The molecule has 2 N–H and O–H groups in total. The molecule has 138 valence electrons. The molecule has 1 fully saturated rings. The zero-order valence-electron chi connectivity index (χ0n) is 13.8. The van der Waals surface area contributed by atoms with Crippen LogP contribution in [-0.2, 0) is 10.0 Å². The van der Waals surface area contributed by atoms with Gasteiger partial charge in [0.2, 0.25) is 10.0 Å². The van der Waals surface area contributed by atoms with Crippen LogP contribution in [0, 0.1) is 11.6 Å². The van der Waals surface area contributed by atoms with Crippen LogP contribution in [0.25, 0.3) is 0 Å². The van der Waals surface area contributed by atoms with Crippen LogP contribution in [-0.4, -0.2) is 20.4 Å². The topological polar surface area (TPSA) is 75.3 Å². The zero-order valence-corrected chi connectivity index (χ0v) is 14.7. The summed E-state index contributed by atoms with van der Waals surface area (Å²) in [6, 6.07) is 8.46. The monoisotopic (exact) mass is 380 g/mol. The van der Waals surface area contributed by atoms with Gasteiger partial charge >= 0.3 is 0 Å². The Balaban J connectivity index is 1.81. The fourth-order valence-electron chi connectivity index (χ4n) is 2.94. The molecule has 1 aliphatic carbocycles. The Bertz CT molecular complexity index is 906. The van der Waals surface area contributed by atoms with E-state index in [0.29, 0.717) is 0 Å². The van der Waals surface area contributed by atoms with Gasteiger partial charge < -0.3 is 5.32 Å². The number of benzene rings is 2. The van der Waals surface area contributed by atoms with Gasteiger partial charge in [0.25, 0.3) is 5.91 Å². The highest BCUT2D eigenvalue weighted by Gasteiger charge is 2.23. The summed E-state index contributed by atoms with van der Waals surface area (Å²) in [5.41, 5.74) is -0.586. The molecule has 3 rings (SSSR count). The molecule has 26 heavy (non-hydrogen) atoms. The fourth-order valence-corrected chi connectivity index (χ4v) is 4.29. The van der Waals surface area contributed by atoms with E-state index in [1.165, 1.54) is 30.3 Å². The van der Waals surface area contributed by atoms with E-state index in [1.807, 2.05) is 0 Å². The van der Waals surface area contributed by atoms with E-state index in [-0.39, 0.29) is 16.5 Å². The van der Waals surface area contributed by atoms with Gasteiger partial charge in [-0.3, -0.25) is 4.79 Å². The van der Waals surface area contributed by atoms with Crippen LogP contribution in [0.5, 0.6) is 0 Å². The Morgan fingerprint density at radius 2 is 1.62 bits per heavy atom. The highest BCUT2D eigenvalue weighted by molar-refractivity contribution is 7.89. The van der Waals surface area contributed by atoms with E-state index in [1.54, 1.807) is 0 Å². The molecule has 0 bridgehead atoms. The van der Waals surface area contributed by atoms with Gasteiger partial charge in [0.05, 0.1) is 4.90 Å². The smallest absolute Gasteiger partial charge is 0.255 e. The minimum Gasteiger partial charge on any atom is -0.317 e. The maximum Gasteiger partial charge on any atom is 0.255 e. The number of carbonyl (C=O) groups is 1. The number of sulfonamides is 1. The van der Waals surface area contributed by atoms with Crippen molar-refractivity contribution in [2.24, 2.45) is 0 Å². The van der Waals surface area contributed by atoms with E-state index < -0.39 is 33.3 Å². The molecule has 1 amide bonds. The van der Waals surface area contributed by atoms with Crippen molar-refractivity contribution in [3.8, 4) is 0 Å². The van der Waals surface area contributed by atoms with Crippen LogP contribution < -0.4 is 10.0 Å². The van der Waals surface area contributed by atoms with Crippen molar-refractivity contribution in [2.75, 3.05) is 5.32 Å². The van der Waals surface area contributed by atoms with Crippen molar-refractivity contribution in [1.82, 2.24) is 4.72 Å². The molecule has 8 heteroatoms. The Morgan fingerprint density at radius 1 is 1.00 bits per heavy atom. The molecule has 1 saturated carbocycles. The number of rotatable bonds is 5. The number of nitrogens with one attached hydrogen (secondary N) is 2. The number of halogens is 2. The van der Waals surface area contributed by atoms with Gasteiger partial charge in [0, 0.05) is 11.6 Å². The van der Waals surface area contributed by atoms with E-state index in [0.717, 1.165) is 37.8 Å². The molecule has 0 aromatic heterocycles. The Labute approximate surface area is 150 Å². The summed E-state index contributed by atoms with van der Waals surface area (Å²) in [5.74, 6) is -2.62. The van der Waals surface area contributed by atoms with Crippen molar-refractivity contribution in [3.63, 3.8) is 0 Å². The molecular weight excluding hydrogens is 362 g/mol. The average Bonchev–Trinajstić information content (AvgIpc) is 3.10. The van der Waals surface area contributed by atoms with Crippen LogP contribution in [0.4, 0.5) is 14.5 Å². The van der Waals surface area contributed by atoms with Gasteiger partial charge in [-0.1, -0.05) is 25.0 Å². The summed E-state index contributed by atoms with van der Waals surface area (Å²) in [5, 5.41) is 2.14. The molecule has 5 nitrogen and oxygen atoms in total. The molecule has 0 saturated heterocycles. The number of hydrogen-bond acceptors (Lipinski definition) is 3. The number of carbonyl (C=O) groups excluding carboxylic acids is 1. The highest BCUT2D eigenvalue weighted by atomic mass is 32.2. The van der Waals surface area contributed by atoms with Crippen LogP contribution in [0.15, 0.2) is 47.4 Å². The van der Waals surface area contributed by atoms with Crippen molar-refractivity contribution >= 4 is 21.6 Å². The summed E-state index contributed by atoms with van der Waals surface area (Å²) >= 11 is 0. The molecule has 0 atom stereocenters. The third-order valence-corrected chi connectivity index (χ3v) is 5.80. The van der Waals surface area contributed by atoms with Gasteiger partial charge in [0.15, 0.2) is 0 Å². The Kier molecular flexibility index (Phi) is 5.33. The van der Waals surface area contributed by atoms with E-state index in [9.17, 15) is 22.0 Å². The predicted molar refractivity (Wildman–Crippen MR) is 93.3 cm³/mol. The maximum atomic E-state index is 13.7. The molecule has 2 aromatic carbocycles. The first-order valence-corrected chi connectivity index (χ1v) is 9.73. The van der Waals surface area contributed by atoms with E-state index in [2.05, 4.69) is 10.0 Å². The van der Waals surface area contributed by atoms with Crippen LogP contribution in [0.2, 0.25) is 0 Å². The Morgan fingerprint density at radius 3 is 2.27 bits per heavy atom. The first kappa shape index (κ1) is 18.5. The second kappa shape index (κ2) is 7.51. The number of amides is 1. The lowest BCUT2D eigenvalue weighted by molar-refractivity contribution is 0.102. The van der Waals surface area contributed by atoms with Gasteiger partial charge in [0.1, 0.15) is 17.3 Å². The van der Waals surface area contributed by atoms with E-state index >= 15 is 0 Å². The molecule has 1 aliphatic rings. The summed E-state index contributed by atoms with van der Waals surface area (Å²) < 4.78 is 54.9. The predicted octanol–water partition coefficient (Wildman–Crippen LogP) is 3.44. The average molecular weight is 380 g/mol. The van der Waals surface area contributed by atoms with Crippen molar-refractivity contribution in [1.29, 1.82) is 0 Å². The normalized spacial score (nSPS) is 15.2. The minimum atomic E-state index is -3.77. The van der Waals surface area contributed by atoms with Crippen LogP contribution in [0.3, 0.4) is 0 Å². The first-order valence-electron chi connectivity index (χ1n) is 8.24. The molecule has 0 radical (unpaired) electrons. The molecule has 0 aliphatic heterocycles. The molecule has 2 aromatic rings. The third kappa shape index (κ3) is 4.08. The summed E-state index contributed by atoms with van der Waals surface area (Å²) in [4.78, 5) is 12.2. The molecular formula is C18H18F2N2O3S. The van der Waals surface area contributed by atoms with Gasteiger partial charge in [-0.2, -0.15) is 0 Å². The Hall–Kier alpha value is -2.32. The van der Waals surface area contributed by atoms with Gasteiger partial charge in [-0.05, 0) is 43.2 Å². The standard InChI is InChI=1S/C18H18F2N2O3S/c19-15-9-4-10-16(20)17(15)21-18(23)12-5-3-8-14(11-12)26(24,25)22-13-6-1-2-7-13/h3-5,8-11,13,22H,1-2,6-7H2,(H,21,23). The highest BCUT2D eigenvalue weighted by Crippen LogP contribution is 2.22. The van der Waals surface area contributed by atoms with Crippen molar-refractivity contribution in [3.05, 3.63) is 59.7 Å². The largest absolute Gasteiger partial charge is 0.317 e. The van der Waals surface area contributed by atoms with E-state index in [4.69, 9.17) is 0 Å².